The van der Waals surface area contributed by atoms with Crippen molar-refractivity contribution >= 4 is 46.3 Å². The highest BCUT2D eigenvalue weighted by Gasteiger charge is 2.08. The highest BCUT2D eigenvalue weighted by Crippen LogP contribution is 2.18. The molecule has 7 heteroatoms. The average Bonchev–Trinajstić information content (AvgIpc) is 2.57. The molecule has 0 radical (unpaired) electrons. The quantitative estimate of drug-likeness (QED) is 0.358. The number of nitrogens with zero attached hydrogens (tertiary/aromatic N) is 1. The predicted molar refractivity (Wildman–Crippen MR) is 106 cm³/mol. The summed E-state index contributed by atoms with van der Waals surface area (Å²) >= 11 is 2.21. The SMILES string of the molecule is Cc1cc(I)ccc1NC(=O)CCC(=O)NN=Cc1ccccc1O. The van der Waals surface area contributed by atoms with E-state index in [0.29, 0.717) is 5.56 Å². The number of rotatable bonds is 6. The minimum Gasteiger partial charge on any atom is -0.507 e. The van der Waals surface area contributed by atoms with Gasteiger partial charge in [0.25, 0.3) is 0 Å². The van der Waals surface area contributed by atoms with Crippen LogP contribution in [0.25, 0.3) is 0 Å². The van der Waals surface area contributed by atoms with Crippen LogP contribution in [0.15, 0.2) is 47.6 Å². The molecule has 25 heavy (non-hydrogen) atoms. The number of hydrogen-bond donors (Lipinski definition) is 3. The van der Waals surface area contributed by atoms with Gasteiger partial charge in [-0.15, -0.1) is 0 Å². The molecule has 3 N–H and O–H groups in total. The molecule has 0 aromatic heterocycles. The van der Waals surface area contributed by atoms with Gasteiger partial charge in [0.2, 0.25) is 11.8 Å². The van der Waals surface area contributed by atoms with Gasteiger partial charge in [0.15, 0.2) is 0 Å². The molecule has 2 amide bonds. The molecular formula is C18H18IN3O3. The molecule has 2 aromatic rings. The lowest BCUT2D eigenvalue weighted by molar-refractivity contribution is -0.124. The number of hydrazone groups is 1. The zero-order valence-electron chi connectivity index (χ0n) is 13.6. The summed E-state index contributed by atoms with van der Waals surface area (Å²) < 4.78 is 1.09. The van der Waals surface area contributed by atoms with Crippen LogP contribution in [0.4, 0.5) is 5.69 Å². The summed E-state index contributed by atoms with van der Waals surface area (Å²) in [5.74, 6) is -0.530. The first kappa shape index (κ1) is 18.9. The van der Waals surface area contributed by atoms with E-state index in [2.05, 4.69) is 38.4 Å². The number of carbonyl (C=O) groups excluding carboxylic acids is 2. The number of carbonyl (C=O) groups is 2. The van der Waals surface area contributed by atoms with Crippen molar-refractivity contribution in [1.29, 1.82) is 0 Å². The van der Waals surface area contributed by atoms with Crippen molar-refractivity contribution in [2.75, 3.05) is 5.32 Å². The fourth-order valence-electron chi connectivity index (χ4n) is 2.03. The smallest absolute Gasteiger partial charge is 0.240 e. The Morgan fingerprint density at radius 1 is 1.16 bits per heavy atom. The summed E-state index contributed by atoms with van der Waals surface area (Å²) in [6.07, 6.45) is 1.43. The van der Waals surface area contributed by atoms with E-state index in [1.807, 2.05) is 25.1 Å². The largest absolute Gasteiger partial charge is 0.507 e. The van der Waals surface area contributed by atoms with Crippen LogP contribution in [0.3, 0.4) is 0 Å². The van der Waals surface area contributed by atoms with Gasteiger partial charge in [-0.05, 0) is 65.4 Å². The number of aryl methyl sites for hydroxylation is 1. The summed E-state index contributed by atoms with van der Waals surface area (Å²) in [6, 6.07) is 12.4. The van der Waals surface area contributed by atoms with Gasteiger partial charge in [0, 0.05) is 27.7 Å². The minimum absolute atomic E-state index is 0.0212. The second-order valence-electron chi connectivity index (χ2n) is 5.36. The van der Waals surface area contributed by atoms with Gasteiger partial charge in [-0.3, -0.25) is 9.59 Å². The topological polar surface area (TPSA) is 90.8 Å². The van der Waals surface area contributed by atoms with Crippen LogP contribution in [-0.2, 0) is 9.59 Å². The van der Waals surface area contributed by atoms with Crippen LogP contribution in [-0.4, -0.2) is 23.1 Å². The van der Waals surface area contributed by atoms with E-state index in [9.17, 15) is 14.7 Å². The predicted octanol–water partition coefficient (Wildman–Crippen LogP) is 3.17. The molecular weight excluding hydrogens is 433 g/mol. The lowest BCUT2D eigenvalue weighted by Gasteiger charge is -2.08. The lowest BCUT2D eigenvalue weighted by Crippen LogP contribution is -2.20. The zero-order valence-corrected chi connectivity index (χ0v) is 15.8. The Bertz CT molecular complexity index is 806. The number of phenols is 1. The van der Waals surface area contributed by atoms with E-state index in [-0.39, 0.29) is 30.4 Å². The van der Waals surface area contributed by atoms with Gasteiger partial charge in [0.1, 0.15) is 5.75 Å². The van der Waals surface area contributed by atoms with Crippen LogP contribution < -0.4 is 10.7 Å². The van der Waals surface area contributed by atoms with Gasteiger partial charge in [-0.25, -0.2) is 5.43 Å². The van der Waals surface area contributed by atoms with Crippen LogP contribution in [0.1, 0.15) is 24.0 Å². The van der Waals surface area contributed by atoms with Gasteiger partial charge in [-0.2, -0.15) is 5.10 Å². The number of benzene rings is 2. The first-order valence-corrected chi connectivity index (χ1v) is 8.69. The maximum absolute atomic E-state index is 11.9. The number of phenolic OH excluding ortho intramolecular Hbond substituents is 1. The molecule has 2 aromatic carbocycles. The van der Waals surface area contributed by atoms with E-state index in [1.165, 1.54) is 12.3 Å². The van der Waals surface area contributed by atoms with E-state index in [4.69, 9.17) is 0 Å². The molecule has 0 aliphatic heterocycles. The molecule has 0 atom stereocenters. The Morgan fingerprint density at radius 3 is 2.60 bits per heavy atom. The summed E-state index contributed by atoms with van der Waals surface area (Å²) in [6.45, 7) is 1.91. The van der Waals surface area contributed by atoms with Gasteiger partial charge in [-0.1, -0.05) is 12.1 Å². The van der Waals surface area contributed by atoms with Crippen molar-refractivity contribution in [3.05, 3.63) is 57.2 Å². The molecule has 0 aliphatic carbocycles. The summed E-state index contributed by atoms with van der Waals surface area (Å²) in [5, 5.41) is 16.1. The summed E-state index contributed by atoms with van der Waals surface area (Å²) in [5.41, 5.74) is 4.54. The Kier molecular flexibility index (Phi) is 6.93. The molecule has 0 fully saturated rings. The molecule has 0 heterocycles. The van der Waals surface area contributed by atoms with Crippen LogP contribution in [0.2, 0.25) is 0 Å². The molecule has 0 aliphatic rings. The van der Waals surface area contributed by atoms with Crippen molar-refractivity contribution in [2.24, 2.45) is 5.10 Å². The fourth-order valence-corrected chi connectivity index (χ4v) is 2.68. The van der Waals surface area contributed by atoms with E-state index >= 15 is 0 Å². The van der Waals surface area contributed by atoms with Crippen LogP contribution in [0.5, 0.6) is 5.75 Å². The number of nitrogens with one attached hydrogen (secondary N) is 2. The highest BCUT2D eigenvalue weighted by atomic mass is 127. The maximum Gasteiger partial charge on any atom is 0.240 e. The summed E-state index contributed by atoms with van der Waals surface area (Å²) in [7, 11) is 0. The monoisotopic (exact) mass is 451 g/mol. The number of para-hydroxylation sites is 1. The third kappa shape index (κ3) is 6.18. The Morgan fingerprint density at radius 2 is 1.88 bits per heavy atom. The first-order chi connectivity index (χ1) is 12.0. The maximum atomic E-state index is 11.9. The number of aromatic hydroxyl groups is 1. The molecule has 0 saturated carbocycles. The zero-order chi connectivity index (χ0) is 18.2. The fraction of sp³-hybridized carbons (Fsp3) is 0.167. The van der Waals surface area contributed by atoms with Crippen molar-refractivity contribution in [3.63, 3.8) is 0 Å². The Balaban J connectivity index is 1.77. The van der Waals surface area contributed by atoms with Gasteiger partial charge < -0.3 is 10.4 Å². The standard InChI is InChI=1S/C18H18IN3O3/c1-12-10-14(19)6-7-15(12)21-17(24)8-9-18(25)22-20-11-13-4-2-3-5-16(13)23/h2-7,10-11,23H,8-9H2,1H3,(H,21,24)(H,22,25). The number of amides is 2. The van der Waals surface area contributed by atoms with Crippen molar-refractivity contribution in [1.82, 2.24) is 5.43 Å². The summed E-state index contributed by atoms with van der Waals surface area (Å²) in [4.78, 5) is 23.6. The molecule has 6 nitrogen and oxygen atoms in total. The van der Waals surface area contributed by atoms with E-state index in [1.54, 1.807) is 18.2 Å². The highest BCUT2D eigenvalue weighted by molar-refractivity contribution is 14.1. The first-order valence-electron chi connectivity index (χ1n) is 7.61. The van der Waals surface area contributed by atoms with Crippen LogP contribution >= 0.6 is 22.6 Å². The second-order valence-corrected chi connectivity index (χ2v) is 6.61. The Hall–Kier alpha value is -2.42. The van der Waals surface area contributed by atoms with Crippen molar-refractivity contribution < 1.29 is 14.7 Å². The van der Waals surface area contributed by atoms with Crippen molar-refractivity contribution in [2.45, 2.75) is 19.8 Å². The molecule has 0 unspecified atom stereocenters. The third-order valence-corrected chi connectivity index (χ3v) is 4.04. The Labute approximate surface area is 159 Å². The van der Waals surface area contributed by atoms with Gasteiger partial charge >= 0.3 is 0 Å². The van der Waals surface area contributed by atoms with Crippen molar-refractivity contribution in [3.8, 4) is 5.75 Å². The molecule has 0 bridgehead atoms. The number of hydrogen-bond acceptors (Lipinski definition) is 4. The lowest BCUT2D eigenvalue weighted by atomic mass is 10.2. The minimum atomic E-state index is -0.374. The molecule has 0 saturated heterocycles. The molecule has 2 rings (SSSR count). The van der Waals surface area contributed by atoms with E-state index < -0.39 is 0 Å². The second kappa shape index (κ2) is 9.16. The van der Waals surface area contributed by atoms with Gasteiger partial charge in [0.05, 0.1) is 6.21 Å². The average molecular weight is 451 g/mol. The number of halogens is 1. The molecule has 130 valence electrons. The number of anilines is 1. The van der Waals surface area contributed by atoms with E-state index in [0.717, 1.165) is 14.8 Å². The molecule has 0 spiro atoms. The van der Waals surface area contributed by atoms with Crippen LogP contribution in [0, 0.1) is 10.5 Å². The normalized spacial score (nSPS) is 10.6. The third-order valence-electron chi connectivity index (χ3n) is 3.37.